The lowest BCUT2D eigenvalue weighted by atomic mass is 9.86. The molecule has 0 aliphatic rings. The van der Waals surface area contributed by atoms with Crippen LogP contribution in [0, 0.1) is 5.92 Å². The third kappa shape index (κ3) is 3.61. The van der Waals surface area contributed by atoms with Crippen LogP contribution in [0.2, 0.25) is 0 Å². The van der Waals surface area contributed by atoms with Crippen molar-refractivity contribution in [2.45, 2.75) is 54.6 Å². The van der Waals surface area contributed by atoms with E-state index in [9.17, 15) is 74.6 Å². The Morgan fingerprint density at radius 3 is 0.966 bits per heavy atom. The van der Waals surface area contributed by atoms with E-state index >= 15 is 0 Å². The van der Waals surface area contributed by atoms with Crippen LogP contribution in [0.1, 0.15) is 6.92 Å². The van der Waals surface area contributed by atoms with Gasteiger partial charge in [0.25, 0.3) is 0 Å². The van der Waals surface area contributed by atoms with Crippen molar-refractivity contribution in [1.29, 1.82) is 0 Å². The van der Waals surface area contributed by atoms with E-state index in [4.69, 9.17) is 0 Å². The van der Waals surface area contributed by atoms with Crippen LogP contribution < -0.4 is 0 Å². The molecule has 0 aliphatic heterocycles. The fourth-order valence-corrected chi connectivity index (χ4v) is 2.14. The minimum atomic E-state index is -8.57. The molecule has 0 aliphatic carbocycles. The summed E-state index contributed by atoms with van der Waals surface area (Å²) in [4.78, 5) is 0. The number of rotatable bonds is 8. The largest absolute Gasteiger partial charge is 0.460 e. The van der Waals surface area contributed by atoms with E-state index in [1.54, 1.807) is 0 Å². The van der Waals surface area contributed by atoms with Gasteiger partial charge in [0.15, 0.2) is 0 Å². The first-order valence-electron chi connectivity index (χ1n) is 6.50. The Balaban J connectivity index is 6.73. The molecular formula is C11H6F17I. The maximum absolute atomic E-state index is 13.4. The minimum absolute atomic E-state index is 0.0269. The van der Waals surface area contributed by atoms with Crippen molar-refractivity contribution in [3.8, 4) is 0 Å². The quantitative estimate of drug-likeness (QED) is 0.162. The molecule has 29 heavy (non-hydrogen) atoms. The standard InChI is InChI=1S/C11H6F17I/c1-3(2-29)4(12,13)5(14,15)6(16,17)7(18,19)8(20,21)9(22,23)10(24,25)11(26,27)28/h3H,2H2,1H3. The summed E-state index contributed by atoms with van der Waals surface area (Å²) in [5, 5.41) is 0. The second kappa shape index (κ2) is 7.30. The van der Waals surface area contributed by atoms with Gasteiger partial charge in [-0.2, -0.15) is 74.6 Å². The number of hydrogen-bond donors (Lipinski definition) is 0. The van der Waals surface area contributed by atoms with Gasteiger partial charge in [0.2, 0.25) is 0 Å². The van der Waals surface area contributed by atoms with E-state index in [-0.39, 0.29) is 6.92 Å². The van der Waals surface area contributed by atoms with Crippen LogP contribution in [0.4, 0.5) is 74.6 Å². The Morgan fingerprint density at radius 1 is 0.483 bits per heavy atom. The monoisotopic (exact) mass is 588 g/mol. The van der Waals surface area contributed by atoms with Crippen molar-refractivity contribution in [1.82, 2.24) is 0 Å². The Morgan fingerprint density at radius 2 is 0.724 bits per heavy atom. The van der Waals surface area contributed by atoms with Crippen molar-refractivity contribution < 1.29 is 74.6 Å². The first-order chi connectivity index (χ1) is 12.2. The molecule has 0 N–H and O–H groups in total. The molecule has 0 saturated carbocycles. The molecule has 176 valence electrons. The van der Waals surface area contributed by atoms with Crippen molar-refractivity contribution in [3.05, 3.63) is 0 Å². The molecule has 0 aromatic heterocycles. The first-order valence-corrected chi connectivity index (χ1v) is 8.03. The van der Waals surface area contributed by atoms with Crippen molar-refractivity contribution in [3.63, 3.8) is 0 Å². The highest BCUT2D eigenvalue weighted by atomic mass is 127. The average molecular weight is 588 g/mol. The molecule has 1 unspecified atom stereocenters. The highest BCUT2D eigenvalue weighted by Crippen LogP contribution is 2.64. The molecule has 0 amide bonds. The summed E-state index contributed by atoms with van der Waals surface area (Å²) in [7, 11) is 0. The average Bonchev–Trinajstić information content (AvgIpc) is 2.51. The van der Waals surface area contributed by atoms with E-state index < -0.39 is 58.0 Å². The second-order valence-corrected chi connectivity index (χ2v) is 6.50. The summed E-state index contributed by atoms with van der Waals surface area (Å²) in [6, 6.07) is 0. The third-order valence-electron chi connectivity index (χ3n) is 3.60. The zero-order valence-electron chi connectivity index (χ0n) is 13.1. The van der Waals surface area contributed by atoms with Gasteiger partial charge in [-0.05, 0) is 0 Å². The molecule has 0 fully saturated rings. The fourth-order valence-electron chi connectivity index (χ4n) is 1.58. The first kappa shape index (κ1) is 28.5. The number of alkyl halides is 18. The van der Waals surface area contributed by atoms with Crippen LogP contribution in [0.15, 0.2) is 0 Å². The third-order valence-corrected chi connectivity index (χ3v) is 4.92. The fraction of sp³-hybridized carbons (Fsp3) is 1.00. The van der Waals surface area contributed by atoms with E-state index in [1.165, 1.54) is 0 Å². The van der Waals surface area contributed by atoms with Crippen LogP contribution in [-0.4, -0.2) is 52.1 Å². The Labute approximate surface area is 162 Å². The molecule has 0 heterocycles. The molecule has 0 nitrogen and oxygen atoms in total. The summed E-state index contributed by atoms with van der Waals surface area (Å²) in [6.45, 7) is 0.0269. The molecule has 0 radical (unpaired) electrons. The van der Waals surface area contributed by atoms with Crippen LogP contribution in [0.5, 0.6) is 0 Å². The molecule has 0 bridgehead atoms. The Hall–Kier alpha value is -0.460. The van der Waals surface area contributed by atoms with E-state index in [1.807, 2.05) is 0 Å². The highest BCUT2D eigenvalue weighted by Gasteiger charge is 2.95. The number of hydrogen-bond acceptors (Lipinski definition) is 0. The SMILES string of the molecule is CC(CI)C(F)(F)C(F)(F)C(F)(F)C(F)(F)C(F)(F)C(F)(F)C(F)(F)C(F)(F)F. The van der Waals surface area contributed by atoms with Gasteiger partial charge >= 0.3 is 47.6 Å². The second-order valence-electron chi connectivity index (χ2n) is 5.62. The lowest BCUT2D eigenvalue weighted by Crippen LogP contribution is -2.74. The van der Waals surface area contributed by atoms with Crippen LogP contribution in [0.25, 0.3) is 0 Å². The molecule has 0 aromatic carbocycles. The van der Waals surface area contributed by atoms with Crippen molar-refractivity contribution >= 4 is 22.6 Å². The van der Waals surface area contributed by atoms with Crippen LogP contribution in [0.3, 0.4) is 0 Å². The van der Waals surface area contributed by atoms with Gasteiger partial charge in [-0.1, -0.05) is 29.5 Å². The molecule has 1 atom stereocenters. The van der Waals surface area contributed by atoms with Gasteiger partial charge in [0.05, 0.1) is 0 Å². The topological polar surface area (TPSA) is 0 Å². The van der Waals surface area contributed by atoms with Crippen LogP contribution in [-0.2, 0) is 0 Å². The lowest BCUT2D eigenvalue weighted by Gasteiger charge is -2.43. The van der Waals surface area contributed by atoms with Gasteiger partial charge in [0.1, 0.15) is 0 Å². The predicted octanol–water partition coefficient (Wildman–Crippen LogP) is 7.07. The zero-order chi connectivity index (χ0) is 24.3. The van der Waals surface area contributed by atoms with Crippen molar-refractivity contribution in [2.24, 2.45) is 5.92 Å². The summed E-state index contributed by atoms with van der Waals surface area (Å²) in [5.41, 5.74) is 0. The Bertz CT molecular complexity index is 589. The van der Waals surface area contributed by atoms with Gasteiger partial charge < -0.3 is 0 Å². The van der Waals surface area contributed by atoms with Gasteiger partial charge in [-0.3, -0.25) is 0 Å². The number of halogens is 18. The molecule has 0 spiro atoms. The van der Waals surface area contributed by atoms with E-state index in [2.05, 4.69) is 0 Å². The maximum atomic E-state index is 13.4. The highest BCUT2D eigenvalue weighted by molar-refractivity contribution is 14.1. The smallest absolute Gasteiger partial charge is 0.199 e. The molecular weight excluding hydrogens is 582 g/mol. The predicted molar refractivity (Wildman–Crippen MR) is 68.7 cm³/mol. The minimum Gasteiger partial charge on any atom is -0.199 e. The van der Waals surface area contributed by atoms with Gasteiger partial charge in [0, 0.05) is 10.3 Å². The molecule has 0 rings (SSSR count). The molecule has 0 aromatic rings. The molecule has 0 saturated heterocycles. The van der Waals surface area contributed by atoms with E-state index in [0.717, 1.165) is 22.6 Å². The van der Waals surface area contributed by atoms with Gasteiger partial charge in [-0.25, -0.2) is 0 Å². The van der Waals surface area contributed by atoms with E-state index in [0.29, 0.717) is 0 Å². The molecule has 18 heteroatoms. The summed E-state index contributed by atoms with van der Waals surface area (Å²) in [6.07, 6.45) is -7.74. The summed E-state index contributed by atoms with van der Waals surface area (Å²) in [5.74, 6) is -58.8. The summed E-state index contributed by atoms with van der Waals surface area (Å²) >= 11 is 0.838. The zero-order valence-corrected chi connectivity index (χ0v) is 15.2. The Kier molecular flexibility index (Phi) is 7.19. The van der Waals surface area contributed by atoms with Crippen molar-refractivity contribution in [2.75, 3.05) is 4.43 Å². The lowest BCUT2D eigenvalue weighted by molar-refractivity contribution is -0.463. The van der Waals surface area contributed by atoms with Gasteiger partial charge in [-0.15, -0.1) is 0 Å². The van der Waals surface area contributed by atoms with Crippen LogP contribution >= 0.6 is 22.6 Å². The normalized spacial score (nSPS) is 17.5. The maximum Gasteiger partial charge on any atom is 0.460 e. The summed E-state index contributed by atoms with van der Waals surface area (Å²) < 4.78 is 219.